The molecule has 0 saturated heterocycles. The van der Waals surface area contributed by atoms with Crippen molar-refractivity contribution in [1.82, 2.24) is 5.32 Å². The predicted octanol–water partition coefficient (Wildman–Crippen LogP) is 1.95. The molecule has 0 radical (unpaired) electrons. The molecule has 124 valence electrons. The van der Waals surface area contributed by atoms with Gasteiger partial charge in [0.25, 0.3) is 0 Å². The molecule has 0 spiro atoms. The van der Waals surface area contributed by atoms with E-state index in [1.54, 1.807) is 0 Å². The zero-order chi connectivity index (χ0) is 16.8. The summed E-state index contributed by atoms with van der Waals surface area (Å²) in [6.45, 7) is 1.87. The number of amides is 2. The maximum absolute atomic E-state index is 12.1. The SMILES string of the molecule is CCCC(NC(=O)CCC1Cc2ccccc2NC1=O)C(=O)O. The predicted molar refractivity (Wildman–Crippen MR) is 86.0 cm³/mol. The van der Waals surface area contributed by atoms with Crippen LogP contribution in [-0.4, -0.2) is 28.9 Å². The van der Waals surface area contributed by atoms with Crippen LogP contribution >= 0.6 is 0 Å². The summed E-state index contributed by atoms with van der Waals surface area (Å²) in [4.78, 5) is 35.0. The van der Waals surface area contributed by atoms with E-state index in [4.69, 9.17) is 5.11 Å². The zero-order valence-electron chi connectivity index (χ0n) is 13.2. The molecule has 6 heteroatoms. The topological polar surface area (TPSA) is 95.5 Å². The van der Waals surface area contributed by atoms with Crippen LogP contribution in [0.5, 0.6) is 0 Å². The Morgan fingerprint density at radius 3 is 2.83 bits per heavy atom. The van der Waals surface area contributed by atoms with Crippen molar-refractivity contribution in [2.24, 2.45) is 5.92 Å². The fourth-order valence-corrected chi connectivity index (χ4v) is 2.76. The van der Waals surface area contributed by atoms with Crippen molar-refractivity contribution < 1.29 is 19.5 Å². The minimum atomic E-state index is -1.02. The molecule has 2 atom stereocenters. The van der Waals surface area contributed by atoms with Gasteiger partial charge in [-0.05, 0) is 30.9 Å². The van der Waals surface area contributed by atoms with Crippen molar-refractivity contribution in [3.05, 3.63) is 29.8 Å². The van der Waals surface area contributed by atoms with Gasteiger partial charge in [0.05, 0.1) is 0 Å². The van der Waals surface area contributed by atoms with Crippen LogP contribution in [0.3, 0.4) is 0 Å². The van der Waals surface area contributed by atoms with Crippen molar-refractivity contribution >= 4 is 23.5 Å². The van der Waals surface area contributed by atoms with E-state index in [9.17, 15) is 14.4 Å². The molecule has 1 aromatic carbocycles. The number of carboxylic acid groups (broad SMARTS) is 1. The Bertz CT molecular complexity index is 600. The number of carbonyl (C=O) groups is 3. The number of benzene rings is 1. The molecule has 1 aliphatic rings. The number of nitrogens with one attached hydrogen (secondary N) is 2. The Hall–Kier alpha value is -2.37. The van der Waals surface area contributed by atoms with Gasteiger partial charge in [-0.1, -0.05) is 31.5 Å². The standard InChI is InChI=1S/C17H22N2O4/c1-2-5-14(17(22)23)18-15(20)9-8-12-10-11-6-3-4-7-13(11)19-16(12)21/h3-4,6-7,12,14H,2,5,8-10H2,1H3,(H,18,20)(H,19,21)(H,22,23). The first kappa shape index (κ1) is 17.0. The van der Waals surface area contributed by atoms with Crippen molar-refractivity contribution in [2.75, 3.05) is 5.32 Å². The van der Waals surface area contributed by atoms with Crippen LogP contribution in [0.1, 0.15) is 38.2 Å². The summed E-state index contributed by atoms with van der Waals surface area (Å²) in [6.07, 6.45) is 2.24. The maximum atomic E-state index is 12.1. The molecular formula is C17H22N2O4. The van der Waals surface area contributed by atoms with Crippen LogP contribution in [0.4, 0.5) is 5.69 Å². The van der Waals surface area contributed by atoms with Crippen molar-refractivity contribution in [1.29, 1.82) is 0 Å². The number of aliphatic carboxylic acids is 1. The molecule has 23 heavy (non-hydrogen) atoms. The fraction of sp³-hybridized carbons (Fsp3) is 0.471. The average Bonchev–Trinajstić information content (AvgIpc) is 2.52. The highest BCUT2D eigenvalue weighted by molar-refractivity contribution is 5.96. The largest absolute Gasteiger partial charge is 0.480 e. The van der Waals surface area contributed by atoms with Gasteiger partial charge in [-0.25, -0.2) is 4.79 Å². The number of carbonyl (C=O) groups excluding carboxylic acids is 2. The fourth-order valence-electron chi connectivity index (χ4n) is 2.76. The highest BCUT2D eigenvalue weighted by Gasteiger charge is 2.27. The lowest BCUT2D eigenvalue weighted by atomic mass is 9.89. The molecule has 2 rings (SSSR count). The second-order valence-corrected chi connectivity index (χ2v) is 5.83. The third kappa shape index (κ3) is 4.55. The molecule has 0 fully saturated rings. The minimum absolute atomic E-state index is 0.0835. The minimum Gasteiger partial charge on any atom is -0.480 e. The van der Waals surface area contributed by atoms with Gasteiger partial charge in [0, 0.05) is 18.0 Å². The molecule has 2 unspecified atom stereocenters. The van der Waals surface area contributed by atoms with Gasteiger partial charge >= 0.3 is 5.97 Å². The van der Waals surface area contributed by atoms with Gasteiger partial charge in [-0.3, -0.25) is 9.59 Å². The normalized spacial score (nSPS) is 17.8. The smallest absolute Gasteiger partial charge is 0.326 e. The van der Waals surface area contributed by atoms with Gasteiger partial charge in [-0.2, -0.15) is 0 Å². The zero-order valence-corrected chi connectivity index (χ0v) is 13.2. The van der Waals surface area contributed by atoms with E-state index in [1.165, 1.54) is 0 Å². The van der Waals surface area contributed by atoms with E-state index in [0.29, 0.717) is 25.7 Å². The Morgan fingerprint density at radius 1 is 1.39 bits per heavy atom. The molecule has 1 heterocycles. The van der Waals surface area contributed by atoms with E-state index in [1.807, 2.05) is 31.2 Å². The van der Waals surface area contributed by atoms with Crippen LogP contribution in [0.2, 0.25) is 0 Å². The monoisotopic (exact) mass is 318 g/mol. The van der Waals surface area contributed by atoms with Gasteiger partial charge in [-0.15, -0.1) is 0 Å². The van der Waals surface area contributed by atoms with Crippen molar-refractivity contribution in [3.63, 3.8) is 0 Å². The van der Waals surface area contributed by atoms with Crippen LogP contribution < -0.4 is 10.6 Å². The average molecular weight is 318 g/mol. The summed E-state index contributed by atoms with van der Waals surface area (Å²) in [5.74, 6) is -1.69. The number of hydrogen-bond acceptors (Lipinski definition) is 3. The molecule has 0 aromatic heterocycles. The highest BCUT2D eigenvalue weighted by atomic mass is 16.4. The van der Waals surface area contributed by atoms with Crippen LogP contribution in [0, 0.1) is 5.92 Å². The van der Waals surface area contributed by atoms with Crippen LogP contribution in [-0.2, 0) is 20.8 Å². The summed E-state index contributed by atoms with van der Waals surface area (Å²) in [5, 5.41) is 14.4. The number of hydrogen-bond donors (Lipinski definition) is 3. The number of rotatable bonds is 7. The molecule has 6 nitrogen and oxygen atoms in total. The highest BCUT2D eigenvalue weighted by Crippen LogP contribution is 2.27. The first-order valence-corrected chi connectivity index (χ1v) is 7.92. The summed E-state index contributed by atoms with van der Waals surface area (Å²) >= 11 is 0. The molecule has 0 saturated carbocycles. The molecule has 1 aromatic rings. The van der Waals surface area contributed by atoms with Gasteiger partial charge in [0.15, 0.2) is 0 Å². The molecule has 3 N–H and O–H groups in total. The van der Waals surface area contributed by atoms with E-state index < -0.39 is 12.0 Å². The Balaban J connectivity index is 1.87. The molecule has 1 aliphatic heterocycles. The molecule has 0 aliphatic carbocycles. The molecule has 2 amide bonds. The summed E-state index contributed by atoms with van der Waals surface area (Å²) in [5.41, 5.74) is 1.89. The van der Waals surface area contributed by atoms with E-state index >= 15 is 0 Å². The lowest BCUT2D eigenvalue weighted by Crippen LogP contribution is -2.41. The van der Waals surface area contributed by atoms with Crippen LogP contribution in [0.25, 0.3) is 0 Å². The van der Waals surface area contributed by atoms with E-state index in [2.05, 4.69) is 10.6 Å². The summed E-state index contributed by atoms with van der Waals surface area (Å²) < 4.78 is 0. The first-order valence-electron chi connectivity index (χ1n) is 7.92. The summed E-state index contributed by atoms with van der Waals surface area (Å²) in [6, 6.07) is 6.75. The molecular weight excluding hydrogens is 296 g/mol. The maximum Gasteiger partial charge on any atom is 0.326 e. The van der Waals surface area contributed by atoms with Gasteiger partial charge < -0.3 is 15.7 Å². The van der Waals surface area contributed by atoms with E-state index in [-0.39, 0.29) is 24.2 Å². The van der Waals surface area contributed by atoms with Gasteiger partial charge in [0.2, 0.25) is 11.8 Å². The van der Waals surface area contributed by atoms with Crippen molar-refractivity contribution in [3.8, 4) is 0 Å². The Labute approximate surface area is 135 Å². The molecule has 0 bridgehead atoms. The first-order chi connectivity index (χ1) is 11.0. The quantitative estimate of drug-likeness (QED) is 0.716. The third-order valence-corrected chi connectivity index (χ3v) is 4.04. The van der Waals surface area contributed by atoms with Crippen LogP contribution in [0.15, 0.2) is 24.3 Å². The number of para-hydroxylation sites is 1. The van der Waals surface area contributed by atoms with Crippen molar-refractivity contribution in [2.45, 2.75) is 45.1 Å². The third-order valence-electron chi connectivity index (χ3n) is 4.04. The van der Waals surface area contributed by atoms with E-state index in [0.717, 1.165) is 11.3 Å². The number of fused-ring (bicyclic) bond motifs is 1. The number of anilines is 1. The Morgan fingerprint density at radius 2 is 2.13 bits per heavy atom. The Kier molecular flexibility index (Phi) is 5.73. The number of carboxylic acids is 1. The van der Waals surface area contributed by atoms with Gasteiger partial charge in [0.1, 0.15) is 6.04 Å². The second kappa shape index (κ2) is 7.76. The lowest BCUT2D eigenvalue weighted by Gasteiger charge is -2.24. The summed E-state index contributed by atoms with van der Waals surface area (Å²) in [7, 11) is 0. The lowest BCUT2D eigenvalue weighted by molar-refractivity contribution is -0.142. The second-order valence-electron chi connectivity index (χ2n) is 5.83.